The van der Waals surface area contributed by atoms with Crippen LogP contribution in [-0.4, -0.2) is 15.6 Å². The molecule has 0 aliphatic rings. The zero-order chi connectivity index (χ0) is 15.0. The van der Waals surface area contributed by atoms with Gasteiger partial charge in [0.05, 0.1) is 11.3 Å². The Morgan fingerprint density at radius 3 is 2.35 bits per heavy atom. The van der Waals surface area contributed by atoms with Crippen LogP contribution in [0.5, 0.6) is 0 Å². The second-order valence-corrected chi connectivity index (χ2v) is 4.70. The fourth-order valence-corrected chi connectivity index (χ4v) is 2.25. The highest BCUT2D eigenvalue weighted by molar-refractivity contribution is 5.90. The lowest BCUT2D eigenvalue weighted by atomic mass is 10.1. The smallest absolute Gasteiger partial charge is 0.337 e. The van der Waals surface area contributed by atoms with E-state index >= 15 is 0 Å². The third kappa shape index (κ3) is 2.22. The van der Waals surface area contributed by atoms with E-state index in [1.54, 1.807) is 26.0 Å². The van der Waals surface area contributed by atoms with Crippen LogP contribution in [0.15, 0.2) is 29.1 Å². The molecule has 2 aromatic rings. The van der Waals surface area contributed by atoms with Crippen LogP contribution >= 0.6 is 0 Å². The first-order valence-corrected chi connectivity index (χ1v) is 6.06. The van der Waals surface area contributed by atoms with Crippen molar-refractivity contribution in [1.29, 1.82) is 0 Å². The van der Waals surface area contributed by atoms with Crippen LogP contribution in [-0.2, 0) is 0 Å². The van der Waals surface area contributed by atoms with Crippen molar-refractivity contribution in [3.05, 3.63) is 62.8 Å². The summed E-state index contributed by atoms with van der Waals surface area (Å²) in [6, 6.07) is 5.61. The summed E-state index contributed by atoms with van der Waals surface area (Å²) in [7, 11) is 0. The molecular formula is C15H14FNO3. The molecular weight excluding hydrogens is 261 g/mol. The zero-order valence-corrected chi connectivity index (χ0v) is 11.4. The van der Waals surface area contributed by atoms with Gasteiger partial charge < -0.3 is 5.11 Å². The molecule has 0 atom stereocenters. The Balaban J connectivity index is 2.80. The first kappa shape index (κ1) is 14.0. The summed E-state index contributed by atoms with van der Waals surface area (Å²) in [5, 5.41) is 9.22. The lowest BCUT2D eigenvalue weighted by Gasteiger charge is -2.14. The molecule has 0 amide bonds. The molecule has 1 aromatic carbocycles. The molecule has 0 fully saturated rings. The Kier molecular flexibility index (Phi) is 3.44. The van der Waals surface area contributed by atoms with Gasteiger partial charge in [0.25, 0.3) is 5.56 Å². The van der Waals surface area contributed by atoms with E-state index in [0.29, 0.717) is 16.8 Å². The molecule has 0 unspecified atom stereocenters. The molecule has 20 heavy (non-hydrogen) atoms. The average Bonchev–Trinajstić information content (AvgIpc) is 2.32. The van der Waals surface area contributed by atoms with Crippen LogP contribution in [0.2, 0.25) is 0 Å². The Morgan fingerprint density at radius 2 is 1.80 bits per heavy atom. The molecule has 4 nitrogen and oxygen atoms in total. The zero-order valence-electron chi connectivity index (χ0n) is 11.4. The van der Waals surface area contributed by atoms with Gasteiger partial charge in [0.1, 0.15) is 5.82 Å². The lowest BCUT2D eigenvalue weighted by Crippen LogP contribution is -2.24. The van der Waals surface area contributed by atoms with E-state index in [2.05, 4.69) is 0 Å². The Hall–Kier alpha value is -2.43. The number of halogens is 1. The number of hydrogen-bond donors (Lipinski definition) is 1. The fourth-order valence-electron chi connectivity index (χ4n) is 2.25. The van der Waals surface area contributed by atoms with Crippen LogP contribution in [0.1, 0.15) is 27.2 Å². The van der Waals surface area contributed by atoms with E-state index in [1.807, 2.05) is 0 Å². The van der Waals surface area contributed by atoms with Crippen LogP contribution in [0.25, 0.3) is 5.69 Å². The van der Waals surface area contributed by atoms with Gasteiger partial charge in [-0.15, -0.1) is 0 Å². The van der Waals surface area contributed by atoms with Crippen LogP contribution in [0.4, 0.5) is 4.39 Å². The Labute approximate surface area is 115 Å². The standard InChI is InChI=1S/C15H14FNO3/c1-8-4-5-11(7-12(8)16)17-10(3)14(15(19)20)9(2)6-13(17)18/h4-7H,1-3H3,(H,19,20). The molecule has 5 heteroatoms. The molecule has 0 saturated heterocycles. The maximum Gasteiger partial charge on any atom is 0.337 e. The minimum absolute atomic E-state index is 0.0607. The SMILES string of the molecule is Cc1ccc(-n2c(C)c(C(=O)O)c(C)cc2=O)cc1F. The van der Waals surface area contributed by atoms with Gasteiger partial charge in [-0.2, -0.15) is 0 Å². The summed E-state index contributed by atoms with van der Waals surface area (Å²) in [5.74, 6) is -1.55. The summed E-state index contributed by atoms with van der Waals surface area (Å²) in [5.41, 5.74) is 1.14. The maximum absolute atomic E-state index is 13.6. The molecule has 0 spiro atoms. The Bertz CT molecular complexity index is 762. The first-order chi connectivity index (χ1) is 9.32. The van der Waals surface area contributed by atoms with Crippen LogP contribution in [0.3, 0.4) is 0 Å². The first-order valence-electron chi connectivity index (χ1n) is 6.06. The average molecular weight is 275 g/mol. The summed E-state index contributed by atoms with van der Waals surface area (Å²) in [4.78, 5) is 23.3. The molecule has 0 bridgehead atoms. The summed E-state index contributed by atoms with van der Waals surface area (Å²) < 4.78 is 14.8. The van der Waals surface area contributed by atoms with Crippen LogP contribution in [0, 0.1) is 26.6 Å². The number of aromatic nitrogens is 1. The lowest BCUT2D eigenvalue weighted by molar-refractivity contribution is 0.0694. The molecule has 0 saturated carbocycles. The van der Waals surface area contributed by atoms with Crippen molar-refractivity contribution in [3.63, 3.8) is 0 Å². The monoisotopic (exact) mass is 275 g/mol. The quantitative estimate of drug-likeness (QED) is 0.916. The van der Waals surface area contributed by atoms with Gasteiger partial charge in [-0.1, -0.05) is 6.07 Å². The highest BCUT2D eigenvalue weighted by atomic mass is 19.1. The third-order valence-electron chi connectivity index (χ3n) is 3.28. The van der Waals surface area contributed by atoms with Crippen molar-refractivity contribution in [2.24, 2.45) is 0 Å². The number of rotatable bonds is 2. The number of carboxylic acids is 1. The molecule has 1 N–H and O–H groups in total. The number of aromatic carboxylic acids is 1. The normalized spacial score (nSPS) is 10.6. The second-order valence-electron chi connectivity index (χ2n) is 4.70. The number of hydrogen-bond acceptors (Lipinski definition) is 2. The van der Waals surface area contributed by atoms with Crippen molar-refractivity contribution in [3.8, 4) is 5.69 Å². The van der Waals surface area contributed by atoms with Crippen LogP contribution < -0.4 is 5.56 Å². The third-order valence-corrected chi connectivity index (χ3v) is 3.28. The molecule has 0 aliphatic heterocycles. The van der Waals surface area contributed by atoms with E-state index < -0.39 is 11.8 Å². The minimum atomic E-state index is -1.11. The number of carboxylic acid groups (broad SMARTS) is 1. The number of pyridine rings is 1. The van der Waals surface area contributed by atoms with Crippen molar-refractivity contribution in [2.75, 3.05) is 0 Å². The second kappa shape index (κ2) is 4.92. The number of aryl methyl sites for hydroxylation is 2. The topological polar surface area (TPSA) is 59.3 Å². The maximum atomic E-state index is 13.6. The molecule has 1 heterocycles. The van der Waals surface area contributed by atoms with Gasteiger partial charge in [0.2, 0.25) is 0 Å². The van der Waals surface area contributed by atoms with E-state index in [1.165, 1.54) is 23.6 Å². The molecule has 0 aliphatic carbocycles. The summed E-state index contributed by atoms with van der Waals surface area (Å²) >= 11 is 0. The fraction of sp³-hybridized carbons (Fsp3) is 0.200. The van der Waals surface area contributed by atoms with Gasteiger partial charge >= 0.3 is 5.97 Å². The largest absolute Gasteiger partial charge is 0.478 e. The highest BCUT2D eigenvalue weighted by Gasteiger charge is 2.17. The van der Waals surface area contributed by atoms with Crippen molar-refractivity contribution >= 4 is 5.97 Å². The number of benzene rings is 1. The molecule has 2 rings (SSSR count). The van der Waals surface area contributed by atoms with Gasteiger partial charge in [-0.25, -0.2) is 9.18 Å². The predicted octanol–water partition coefficient (Wildman–Crippen LogP) is 2.60. The van der Waals surface area contributed by atoms with E-state index in [9.17, 15) is 19.1 Å². The molecule has 1 aromatic heterocycles. The van der Waals surface area contributed by atoms with E-state index in [0.717, 1.165) is 0 Å². The summed E-state index contributed by atoms with van der Waals surface area (Å²) in [6.07, 6.45) is 0. The summed E-state index contributed by atoms with van der Waals surface area (Å²) in [6.45, 7) is 4.72. The number of nitrogens with zero attached hydrogens (tertiary/aromatic N) is 1. The van der Waals surface area contributed by atoms with Crippen molar-refractivity contribution in [2.45, 2.75) is 20.8 Å². The predicted molar refractivity (Wildman–Crippen MR) is 73.2 cm³/mol. The van der Waals surface area contributed by atoms with E-state index in [4.69, 9.17) is 0 Å². The molecule has 104 valence electrons. The van der Waals surface area contributed by atoms with Gasteiger partial charge in [0.15, 0.2) is 0 Å². The van der Waals surface area contributed by atoms with E-state index in [-0.39, 0.29) is 16.8 Å². The van der Waals surface area contributed by atoms with Gasteiger partial charge in [-0.05, 0) is 44.0 Å². The number of carbonyl (C=O) groups is 1. The Morgan fingerprint density at radius 1 is 1.15 bits per heavy atom. The highest BCUT2D eigenvalue weighted by Crippen LogP contribution is 2.17. The van der Waals surface area contributed by atoms with Gasteiger partial charge in [-0.3, -0.25) is 9.36 Å². The minimum Gasteiger partial charge on any atom is -0.478 e. The van der Waals surface area contributed by atoms with Crippen molar-refractivity contribution in [1.82, 2.24) is 4.57 Å². The van der Waals surface area contributed by atoms with Gasteiger partial charge in [0, 0.05) is 11.8 Å². The van der Waals surface area contributed by atoms with Crippen molar-refractivity contribution < 1.29 is 14.3 Å². The molecule has 0 radical (unpaired) electrons.